The largest absolute Gasteiger partial charge is 0.444 e. The molecule has 0 saturated carbocycles. The molecule has 1 amide bonds. The smallest absolute Gasteiger partial charge is 0.416 e. The molecule has 0 atom stereocenters. The average Bonchev–Trinajstić information content (AvgIpc) is 2.91. The topological polar surface area (TPSA) is 64.4 Å². The van der Waals surface area contributed by atoms with Gasteiger partial charge in [0.2, 0.25) is 5.91 Å². The molecule has 1 heterocycles. The molecule has 21 heavy (non-hydrogen) atoms. The number of hydrogen-bond donors (Lipinski definition) is 1. The molecular formula is C13H11F3N2O3. The number of nitrogens with one attached hydrogen (secondary N) is 1. The molecule has 0 aliphatic carbocycles. The van der Waals surface area contributed by atoms with Gasteiger partial charge in [0.15, 0.2) is 12.2 Å². The quantitative estimate of drug-likeness (QED) is 0.943. The van der Waals surface area contributed by atoms with Gasteiger partial charge >= 0.3 is 6.18 Å². The molecule has 8 heteroatoms. The number of carbonyl (C=O) groups is 1. The first kappa shape index (κ1) is 15.0. The molecule has 0 aliphatic rings. The fourth-order valence-electron chi connectivity index (χ4n) is 1.69. The van der Waals surface area contributed by atoms with Crippen molar-refractivity contribution in [1.29, 1.82) is 0 Å². The van der Waals surface area contributed by atoms with Gasteiger partial charge in [-0.25, -0.2) is 4.98 Å². The van der Waals surface area contributed by atoms with Crippen LogP contribution in [0.1, 0.15) is 5.56 Å². The van der Waals surface area contributed by atoms with E-state index in [1.807, 2.05) is 0 Å². The lowest BCUT2D eigenvalue weighted by Crippen LogP contribution is -2.17. The van der Waals surface area contributed by atoms with Gasteiger partial charge in [0.25, 0.3) is 0 Å². The molecule has 0 bridgehead atoms. The van der Waals surface area contributed by atoms with Gasteiger partial charge in [-0.05, 0) is 18.2 Å². The van der Waals surface area contributed by atoms with Crippen molar-refractivity contribution in [3.63, 3.8) is 0 Å². The van der Waals surface area contributed by atoms with Gasteiger partial charge in [-0.3, -0.25) is 4.79 Å². The first-order valence-electron chi connectivity index (χ1n) is 5.80. The number of alkyl halides is 3. The van der Waals surface area contributed by atoms with E-state index in [2.05, 4.69) is 15.0 Å². The Morgan fingerprint density at radius 2 is 2.14 bits per heavy atom. The van der Waals surface area contributed by atoms with E-state index in [1.54, 1.807) is 0 Å². The number of benzene rings is 1. The summed E-state index contributed by atoms with van der Waals surface area (Å²) in [5, 5.41) is 2.33. The highest BCUT2D eigenvalue weighted by Crippen LogP contribution is 2.34. The molecule has 5 nitrogen and oxygen atoms in total. The SMILES string of the molecule is COCC(=O)Nc1cc(-c2cnco2)cc(C(F)(F)F)c1. The van der Waals surface area contributed by atoms with Crippen LogP contribution in [-0.4, -0.2) is 24.6 Å². The molecule has 0 unspecified atom stereocenters. The molecule has 0 aliphatic heterocycles. The van der Waals surface area contributed by atoms with Gasteiger partial charge in [-0.2, -0.15) is 13.2 Å². The number of halogens is 3. The van der Waals surface area contributed by atoms with Crippen LogP contribution in [0.2, 0.25) is 0 Å². The number of amides is 1. The normalized spacial score (nSPS) is 11.4. The number of carbonyl (C=O) groups excluding carboxylic acids is 1. The number of nitrogens with zero attached hydrogens (tertiary/aromatic N) is 1. The molecule has 112 valence electrons. The zero-order valence-electron chi connectivity index (χ0n) is 10.9. The van der Waals surface area contributed by atoms with Gasteiger partial charge in [-0.15, -0.1) is 0 Å². The minimum Gasteiger partial charge on any atom is -0.444 e. The lowest BCUT2D eigenvalue weighted by molar-refractivity contribution is -0.137. The first-order valence-corrected chi connectivity index (χ1v) is 5.80. The van der Waals surface area contributed by atoms with E-state index < -0.39 is 17.6 Å². The minimum absolute atomic E-state index is 0.00160. The standard InChI is InChI=1S/C13H11F3N2O3/c1-20-6-12(19)18-10-3-8(11-5-17-7-21-11)2-9(4-10)13(14,15)16/h2-5,7H,6H2,1H3,(H,18,19). The highest BCUT2D eigenvalue weighted by molar-refractivity contribution is 5.92. The van der Waals surface area contributed by atoms with E-state index in [0.29, 0.717) is 0 Å². The van der Waals surface area contributed by atoms with E-state index in [9.17, 15) is 18.0 Å². The molecule has 0 spiro atoms. The maximum atomic E-state index is 12.9. The van der Waals surface area contributed by atoms with Crippen LogP contribution in [0.3, 0.4) is 0 Å². The summed E-state index contributed by atoms with van der Waals surface area (Å²) >= 11 is 0. The second-order valence-electron chi connectivity index (χ2n) is 4.14. The molecule has 1 N–H and O–H groups in total. The molecule has 0 saturated heterocycles. The zero-order chi connectivity index (χ0) is 15.5. The molecule has 2 rings (SSSR count). The third-order valence-electron chi connectivity index (χ3n) is 2.54. The van der Waals surface area contributed by atoms with Gasteiger partial charge in [0, 0.05) is 18.4 Å². The van der Waals surface area contributed by atoms with Crippen LogP contribution in [0.5, 0.6) is 0 Å². The predicted molar refractivity (Wildman–Crippen MR) is 67.4 cm³/mol. The number of methoxy groups -OCH3 is 1. The van der Waals surface area contributed by atoms with Crippen LogP contribution in [0.4, 0.5) is 18.9 Å². The lowest BCUT2D eigenvalue weighted by atomic mass is 10.1. The fourth-order valence-corrected chi connectivity index (χ4v) is 1.69. The molecule has 1 aromatic heterocycles. The molecule has 2 aromatic rings. The van der Waals surface area contributed by atoms with Crippen molar-refractivity contribution < 1.29 is 27.1 Å². The van der Waals surface area contributed by atoms with Crippen molar-refractivity contribution in [2.24, 2.45) is 0 Å². The van der Waals surface area contributed by atoms with Gasteiger partial charge in [0.05, 0.1) is 11.8 Å². The van der Waals surface area contributed by atoms with Crippen LogP contribution < -0.4 is 5.32 Å². The van der Waals surface area contributed by atoms with Crippen molar-refractivity contribution >= 4 is 11.6 Å². The van der Waals surface area contributed by atoms with E-state index in [4.69, 9.17) is 4.42 Å². The predicted octanol–water partition coefficient (Wildman–Crippen LogP) is 2.95. The number of oxazole rings is 1. The second kappa shape index (κ2) is 5.96. The second-order valence-corrected chi connectivity index (χ2v) is 4.14. The zero-order valence-corrected chi connectivity index (χ0v) is 10.9. The van der Waals surface area contributed by atoms with E-state index >= 15 is 0 Å². The van der Waals surface area contributed by atoms with Gasteiger partial charge in [0.1, 0.15) is 6.61 Å². The van der Waals surface area contributed by atoms with Crippen molar-refractivity contribution in [3.05, 3.63) is 36.4 Å². The Kier molecular flexibility index (Phi) is 4.27. The van der Waals surface area contributed by atoms with Gasteiger partial charge < -0.3 is 14.5 Å². The Morgan fingerprint density at radius 1 is 1.38 bits per heavy atom. The Morgan fingerprint density at radius 3 is 2.71 bits per heavy atom. The fraction of sp³-hybridized carbons (Fsp3) is 0.231. The highest BCUT2D eigenvalue weighted by atomic mass is 19.4. The minimum atomic E-state index is -4.54. The van der Waals surface area contributed by atoms with Crippen LogP contribution >= 0.6 is 0 Å². The molecule has 0 fully saturated rings. The Labute approximate surface area is 117 Å². The summed E-state index contributed by atoms with van der Waals surface area (Å²) in [5.41, 5.74) is -0.738. The molecular weight excluding hydrogens is 289 g/mol. The van der Waals surface area contributed by atoms with Crippen molar-refractivity contribution in [2.75, 3.05) is 19.0 Å². The number of hydrogen-bond acceptors (Lipinski definition) is 4. The highest BCUT2D eigenvalue weighted by Gasteiger charge is 2.31. The summed E-state index contributed by atoms with van der Waals surface area (Å²) in [5.74, 6) is -0.385. The maximum Gasteiger partial charge on any atom is 0.416 e. The van der Waals surface area contributed by atoms with Crippen LogP contribution in [0.25, 0.3) is 11.3 Å². The van der Waals surface area contributed by atoms with E-state index in [0.717, 1.165) is 18.5 Å². The third-order valence-corrected chi connectivity index (χ3v) is 2.54. The van der Waals surface area contributed by atoms with Crippen molar-refractivity contribution in [3.8, 4) is 11.3 Å². The Hall–Kier alpha value is -2.35. The van der Waals surface area contributed by atoms with E-state index in [-0.39, 0.29) is 23.6 Å². The number of aromatic nitrogens is 1. The number of anilines is 1. The number of ether oxygens (including phenoxy) is 1. The Bertz CT molecular complexity index is 624. The average molecular weight is 300 g/mol. The molecule has 0 radical (unpaired) electrons. The Balaban J connectivity index is 2.40. The number of rotatable bonds is 4. The molecule has 1 aromatic carbocycles. The van der Waals surface area contributed by atoms with Crippen LogP contribution in [0.15, 0.2) is 35.2 Å². The van der Waals surface area contributed by atoms with Crippen molar-refractivity contribution in [1.82, 2.24) is 4.98 Å². The summed E-state index contributed by atoms with van der Waals surface area (Å²) < 4.78 is 48.3. The summed E-state index contributed by atoms with van der Waals surface area (Å²) in [6, 6.07) is 3.13. The van der Waals surface area contributed by atoms with E-state index in [1.165, 1.54) is 19.4 Å². The summed E-state index contributed by atoms with van der Waals surface area (Å²) in [6.07, 6.45) is -2.15. The monoisotopic (exact) mass is 300 g/mol. The summed E-state index contributed by atoms with van der Waals surface area (Å²) in [4.78, 5) is 15.1. The van der Waals surface area contributed by atoms with Crippen LogP contribution in [-0.2, 0) is 15.7 Å². The first-order chi connectivity index (χ1) is 9.90. The summed E-state index contributed by atoms with van der Waals surface area (Å²) in [6.45, 7) is -0.256. The van der Waals surface area contributed by atoms with Gasteiger partial charge in [-0.1, -0.05) is 0 Å². The van der Waals surface area contributed by atoms with Crippen molar-refractivity contribution in [2.45, 2.75) is 6.18 Å². The lowest BCUT2D eigenvalue weighted by Gasteiger charge is -2.12. The maximum absolute atomic E-state index is 12.9. The van der Waals surface area contributed by atoms with Crippen LogP contribution in [0, 0.1) is 0 Å². The third kappa shape index (κ3) is 3.82. The summed E-state index contributed by atoms with van der Waals surface area (Å²) in [7, 11) is 1.31.